The summed E-state index contributed by atoms with van der Waals surface area (Å²) in [6.07, 6.45) is 3.35. The Morgan fingerprint density at radius 2 is 2.11 bits per heavy atom. The molecule has 52 valence electrons. The molecule has 0 heterocycles. The molecule has 0 amide bonds. The average Bonchev–Trinajstić information content (AvgIpc) is 2.13. The minimum Gasteiger partial charge on any atom is -0.389 e. The molecule has 1 rings (SSSR count). The molecule has 0 spiro atoms. The number of aliphatic hydroxyl groups is 1. The molecule has 1 N–H and O–H groups in total. The standard InChI is InChI=1S/C8H14O/c1-6-4-3-5-8(6)7(2)9/h7,9H,3-5H2,1-2H3. The van der Waals surface area contributed by atoms with Gasteiger partial charge in [-0.1, -0.05) is 5.57 Å². The number of rotatable bonds is 1. The lowest BCUT2D eigenvalue weighted by atomic mass is 10.1. The van der Waals surface area contributed by atoms with E-state index in [1.54, 1.807) is 0 Å². The molecule has 0 aromatic carbocycles. The van der Waals surface area contributed by atoms with Gasteiger partial charge in [0, 0.05) is 0 Å². The number of hydrogen-bond acceptors (Lipinski definition) is 1. The third kappa shape index (κ3) is 1.33. The van der Waals surface area contributed by atoms with Crippen LogP contribution in [0.25, 0.3) is 0 Å². The Bertz CT molecular complexity index is 134. The van der Waals surface area contributed by atoms with Crippen molar-refractivity contribution in [3.63, 3.8) is 0 Å². The van der Waals surface area contributed by atoms with Gasteiger partial charge in [0.1, 0.15) is 0 Å². The molecule has 0 aromatic heterocycles. The lowest BCUT2D eigenvalue weighted by Gasteiger charge is -2.05. The number of aliphatic hydroxyl groups excluding tert-OH is 1. The lowest BCUT2D eigenvalue weighted by molar-refractivity contribution is 0.228. The molecule has 0 bridgehead atoms. The highest BCUT2D eigenvalue weighted by Gasteiger charge is 2.13. The first-order chi connectivity index (χ1) is 4.22. The summed E-state index contributed by atoms with van der Waals surface area (Å²) in [5.74, 6) is 0. The van der Waals surface area contributed by atoms with Crippen molar-refractivity contribution in [3.8, 4) is 0 Å². The molecular formula is C8H14O. The molecule has 1 heteroatoms. The molecule has 1 atom stereocenters. The van der Waals surface area contributed by atoms with E-state index in [4.69, 9.17) is 5.11 Å². The van der Waals surface area contributed by atoms with E-state index in [1.165, 1.54) is 24.0 Å². The Balaban J connectivity index is 2.66. The molecule has 0 aliphatic heterocycles. The molecule has 1 aliphatic rings. The monoisotopic (exact) mass is 126 g/mol. The maximum Gasteiger partial charge on any atom is 0.0724 e. The topological polar surface area (TPSA) is 20.2 Å². The second-order valence-electron chi connectivity index (χ2n) is 2.84. The largest absolute Gasteiger partial charge is 0.389 e. The lowest BCUT2D eigenvalue weighted by Crippen LogP contribution is -2.02. The molecule has 0 fully saturated rings. The van der Waals surface area contributed by atoms with Crippen LogP contribution in [-0.4, -0.2) is 11.2 Å². The number of allylic oxidation sites excluding steroid dienone is 1. The smallest absolute Gasteiger partial charge is 0.0724 e. The van der Waals surface area contributed by atoms with Crippen molar-refractivity contribution in [2.45, 2.75) is 39.2 Å². The van der Waals surface area contributed by atoms with Crippen molar-refractivity contribution in [2.75, 3.05) is 0 Å². The first-order valence-electron chi connectivity index (χ1n) is 3.58. The Hall–Kier alpha value is -0.300. The van der Waals surface area contributed by atoms with Crippen LogP contribution in [-0.2, 0) is 0 Å². The summed E-state index contributed by atoms with van der Waals surface area (Å²) in [5, 5.41) is 9.16. The molecule has 0 aromatic rings. The van der Waals surface area contributed by atoms with Gasteiger partial charge in [0.25, 0.3) is 0 Å². The Kier molecular flexibility index (Phi) is 1.91. The van der Waals surface area contributed by atoms with Crippen LogP contribution in [0.1, 0.15) is 33.1 Å². The van der Waals surface area contributed by atoms with Crippen molar-refractivity contribution in [3.05, 3.63) is 11.1 Å². The summed E-state index contributed by atoms with van der Waals surface area (Å²) in [6, 6.07) is 0. The van der Waals surface area contributed by atoms with Gasteiger partial charge in [-0.2, -0.15) is 0 Å². The molecule has 0 saturated heterocycles. The fraction of sp³-hybridized carbons (Fsp3) is 0.750. The van der Waals surface area contributed by atoms with Crippen LogP contribution in [0.3, 0.4) is 0 Å². The number of hydrogen-bond donors (Lipinski definition) is 1. The van der Waals surface area contributed by atoms with Gasteiger partial charge in [0.15, 0.2) is 0 Å². The van der Waals surface area contributed by atoms with Crippen molar-refractivity contribution < 1.29 is 5.11 Å². The van der Waals surface area contributed by atoms with Crippen LogP contribution in [0.15, 0.2) is 11.1 Å². The van der Waals surface area contributed by atoms with E-state index < -0.39 is 0 Å². The summed E-state index contributed by atoms with van der Waals surface area (Å²) in [5.41, 5.74) is 2.68. The van der Waals surface area contributed by atoms with Crippen molar-refractivity contribution in [1.29, 1.82) is 0 Å². The van der Waals surface area contributed by atoms with Crippen LogP contribution >= 0.6 is 0 Å². The van der Waals surface area contributed by atoms with Gasteiger partial charge in [0.2, 0.25) is 0 Å². The normalized spacial score (nSPS) is 23.0. The van der Waals surface area contributed by atoms with E-state index in [0.29, 0.717) is 0 Å². The maximum absolute atomic E-state index is 9.16. The minimum atomic E-state index is -0.201. The third-order valence-electron chi connectivity index (χ3n) is 2.05. The van der Waals surface area contributed by atoms with E-state index in [2.05, 4.69) is 6.92 Å². The Labute approximate surface area is 56.4 Å². The highest BCUT2D eigenvalue weighted by Crippen LogP contribution is 2.27. The van der Waals surface area contributed by atoms with Gasteiger partial charge in [-0.05, 0) is 38.7 Å². The van der Waals surface area contributed by atoms with Crippen molar-refractivity contribution in [2.24, 2.45) is 0 Å². The van der Waals surface area contributed by atoms with E-state index in [0.717, 1.165) is 6.42 Å². The fourth-order valence-electron chi connectivity index (χ4n) is 1.48. The molecule has 0 radical (unpaired) electrons. The summed E-state index contributed by atoms with van der Waals surface area (Å²) in [6.45, 7) is 3.97. The van der Waals surface area contributed by atoms with Crippen molar-refractivity contribution in [1.82, 2.24) is 0 Å². The first kappa shape index (κ1) is 6.81. The second-order valence-corrected chi connectivity index (χ2v) is 2.84. The van der Waals surface area contributed by atoms with Gasteiger partial charge >= 0.3 is 0 Å². The summed E-state index contributed by atoms with van der Waals surface area (Å²) >= 11 is 0. The molecule has 1 aliphatic carbocycles. The molecule has 0 saturated carbocycles. The molecule has 1 unspecified atom stereocenters. The van der Waals surface area contributed by atoms with Crippen LogP contribution < -0.4 is 0 Å². The van der Waals surface area contributed by atoms with E-state index >= 15 is 0 Å². The summed E-state index contributed by atoms with van der Waals surface area (Å²) in [4.78, 5) is 0. The van der Waals surface area contributed by atoms with Gasteiger partial charge in [0.05, 0.1) is 6.10 Å². The summed E-state index contributed by atoms with van der Waals surface area (Å²) in [7, 11) is 0. The van der Waals surface area contributed by atoms with Gasteiger partial charge < -0.3 is 5.11 Å². The zero-order valence-corrected chi connectivity index (χ0v) is 6.15. The summed E-state index contributed by atoms with van der Waals surface area (Å²) < 4.78 is 0. The predicted molar refractivity (Wildman–Crippen MR) is 38.2 cm³/mol. The van der Waals surface area contributed by atoms with Gasteiger partial charge in [-0.25, -0.2) is 0 Å². The maximum atomic E-state index is 9.16. The van der Waals surface area contributed by atoms with Crippen molar-refractivity contribution >= 4 is 0 Å². The van der Waals surface area contributed by atoms with Crippen LogP contribution in [0.4, 0.5) is 0 Å². The van der Waals surface area contributed by atoms with E-state index in [9.17, 15) is 0 Å². The van der Waals surface area contributed by atoms with Gasteiger partial charge in [-0.15, -0.1) is 0 Å². The van der Waals surface area contributed by atoms with Crippen LogP contribution in [0.5, 0.6) is 0 Å². The zero-order chi connectivity index (χ0) is 6.85. The quantitative estimate of drug-likeness (QED) is 0.532. The van der Waals surface area contributed by atoms with E-state index in [-0.39, 0.29) is 6.10 Å². The highest BCUT2D eigenvalue weighted by molar-refractivity contribution is 5.20. The average molecular weight is 126 g/mol. The minimum absolute atomic E-state index is 0.201. The molecule has 1 nitrogen and oxygen atoms in total. The fourth-order valence-corrected chi connectivity index (χ4v) is 1.48. The van der Waals surface area contributed by atoms with Crippen LogP contribution in [0, 0.1) is 0 Å². The third-order valence-corrected chi connectivity index (χ3v) is 2.05. The Morgan fingerprint density at radius 1 is 1.44 bits per heavy atom. The zero-order valence-electron chi connectivity index (χ0n) is 6.15. The van der Waals surface area contributed by atoms with Gasteiger partial charge in [-0.3, -0.25) is 0 Å². The molecular weight excluding hydrogens is 112 g/mol. The predicted octanol–water partition coefficient (Wildman–Crippen LogP) is 1.87. The first-order valence-corrected chi connectivity index (χ1v) is 3.58. The van der Waals surface area contributed by atoms with Crippen LogP contribution in [0.2, 0.25) is 0 Å². The highest BCUT2D eigenvalue weighted by atomic mass is 16.3. The SMILES string of the molecule is CC1=C(C(C)O)CCC1. The Morgan fingerprint density at radius 3 is 2.33 bits per heavy atom. The van der Waals surface area contributed by atoms with E-state index in [1.807, 2.05) is 6.92 Å². The second kappa shape index (κ2) is 2.53. The molecule has 9 heavy (non-hydrogen) atoms.